The molecule has 0 spiro atoms. The van der Waals surface area contributed by atoms with E-state index in [1.54, 1.807) is 25.3 Å². The van der Waals surface area contributed by atoms with Crippen LogP contribution in [0.25, 0.3) is 0 Å². The third-order valence-corrected chi connectivity index (χ3v) is 1.65. The summed E-state index contributed by atoms with van der Waals surface area (Å²) in [6, 6.07) is 3.42. The molecular weight excluding hydrogens is 210 g/mol. The molecule has 0 bridgehead atoms. The number of aromatic amines is 1. The maximum Gasteiger partial charge on any atom is 0.362 e. The average molecular weight is 223 g/mol. The SMILES string of the molecule is CCOC(=O)C(N=Nc1ccc[nH]1)=C(C)O. The van der Waals surface area contributed by atoms with Crippen LogP contribution in [-0.4, -0.2) is 22.7 Å². The normalized spacial score (nSPS) is 12.6. The molecule has 6 heteroatoms. The fourth-order valence-electron chi connectivity index (χ4n) is 0.947. The topological polar surface area (TPSA) is 87.0 Å². The second kappa shape index (κ2) is 5.69. The Morgan fingerprint density at radius 2 is 2.38 bits per heavy atom. The van der Waals surface area contributed by atoms with Crippen LogP contribution >= 0.6 is 0 Å². The molecule has 0 unspecified atom stereocenters. The number of carbonyl (C=O) groups is 1. The van der Waals surface area contributed by atoms with E-state index in [1.807, 2.05) is 0 Å². The first-order valence-corrected chi connectivity index (χ1v) is 4.77. The van der Waals surface area contributed by atoms with Crippen molar-refractivity contribution < 1.29 is 14.6 Å². The Morgan fingerprint density at radius 3 is 2.88 bits per heavy atom. The summed E-state index contributed by atoms with van der Waals surface area (Å²) in [7, 11) is 0. The predicted molar refractivity (Wildman–Crippen MR) is 57.3 cm³/mol. The molecule has 2 N–H and O–H groups in total. The van der Waals surface area contributed by atoms with Gasteiger partial charge in [-0.2, -0.15) is 0 Å². The van der Waals surface area contributed by atoms with Crippen molar-refractivity contribution in [3.05, 3.63) is 29.8 Å². The second-order valence-corrected chi connectivity index (χ2v) is 2.91. The van der Waals surface area contributed by atoms with E-state index in [2.05, 4.69) is 15.2 Å². The van der Waals surface area contributed by atoms with Gasteiger partial charge < -0.3 is 14.8 Å². The number of allylic oxidation sites excluding steroid dienone is 1. The molecule has 0 saturated carbocycles. The van der Waals surface area contributed by atoms with E-state index in [0.717, 1.165) is 0 Å². The number of hydrogen-bond acceptors (Lipinski definition) is 5. The summed E-state index contributed by atoms with van der Waals surface area (Å²) in [5.74, 6) is -0.436. The van der Waals surface area contributed by atoms with Crippen molar-refractivity contribution in [1.29, 1.82) is 0 Å². The maximum absolute atomic E-state index is 11.3. The van der Waals surface area contributed by atoms with E-state index >= 15 is 0 Å². The Labute approximate surface area is 92.7 Å². The molecule has 0 fully saturated rings. The van der Waals surface area contributed by atoms with Gasteiger partial charge in [-0.3, -0.25) is 0 Å². The molecule has 86 valence electrons. The van der Waals surface area contributed by atoms with Crippen molar-refractivity contribution in [3.63, 3.8) is 0 Å². The van der Waals surface area contributed by atoms with Gasteiger partial charge >= 0.3 is 5.97 Å². The number of nitrogens with zero attached hydrogens (tertiary/aromatic N) is 2. The fraction of sp³-hybridized carbons (Fsp3) is 0.300. The van der Waals surface area contributed by atoms with Crippen LogP contribution in [0, 0.1) is 0 Å². The molecule has 16 heavy (non-hydrogen) atoms. The van der Waals surface area contributed by atoms with Crippen LogP contribution in [0.3, 0.4) is 0 Å². The lowest BCUT2D eigenvalue weighted by atomic mass is 10.4. The van der Waals surface area contributed by atoms with E-state index < -0.39 is 5.97 Å². The van der Waals surface area contributed by atoms with Gasteiger partial charge in [0.25, 0.3) is 0 Å². The van der Waals surface area contributed by atoms with E-state index in [-0.39, 0.29) is 18.1 Å². The zero-order valence-electron chi connectivity index (χ0n) is 9.10. The third kappa shape index (κ3) is 3.23. The lowest BCUT2D eigenvalue weighted by molar-refractivity contribution is -0.138. The minimum atomic E-state index is -0.696. The van der Waals surface area contributed by atoms with Gasteiger partial charge in [-0.05, 0) is 26.0 Å². The van der Waals surface area contributed by atoms with Gasteiger partial charge in [0.1, 0.15) is 5.76 Å². The lowest BCUT2D eigenvalue weighted by Gasteiger charge is -2.01. The quantitative estimate of drug-likeness (QED) is 0.355. The first kappa shape index (κ1) is 12.0. The van der Waals surface area contributed by atoms with Crippen LogP contribution in [0.5, 0.6) is 0 Å². The van der Waals surface area contributed by atoms with Crippen LogP contribution < -0.4 is 0 Å². The highest BCUT2D eigenvalue weighted by Crippen LogP contribution is 2.12. The monoisotopic (exact) mass is 223 g/mol. The number of ether oxygens (including phenoxy) is 1. The third-order valence-electron chi connectivity index (χ3n) is 1.65. The molecule has 0 aliphatic carbocycles. The summed E-state index contributed by atoms with van der Waals surface area (Å²) in [5.41, 5.74) is -0.198. The molecule has 0 saturated heterocycles. The van der Waals surface area contributed by atoms with E-state index in [0.29, 0.717) is 5.82 Å². The number of nitrogens with one attached hydrogen (secondary N) is 1. The van der Waals surface area contributed by atoms with Crippen molar-refractivity contribution in [2.75, 3.05) is 6.61 Å². The summed E-state index contributed by atoms with van der Waals surface area (Å²) >= 11 is 0. The fourth-order valence-corrected chi connectivity index (χ4v) is 0.947. The second-order valence-electron chi connectivity index (χ2n) is 2.91. The number of aliphatic hydroxyl groups is 1. The highest BCUT2D eigenvalue weighted by atomic mass is 16.5. The standard InChI is InChI=1S/C10H13N3O3/c1-3-16-10(15)9(7(2)14)13-12-8-5-4-6-11-8/h4-6,11,14H,3H2,1-2H3. The molecule has 0 amide bonds. The number of esters is 1. The first-order valence-electron chi connectivity index (χ1n) is 4.77. The number of H-pyrrole nitrogens is 1. The molecule has 1 heterocycles. The van der Waals surface area contributed by atoms with Gasteiger partial charge in [0.2, 0.25) is 5.70 Å². The zero-order valence-corrected chi connectivity index (χ0v) is 9.10. The average Bonchev–Trinajstić information content (AvgIpc) is 2.70. The Morgan fingerprint density at radius 1 is 1.62 bits per heavy atom. The molecule has 1 aromatic rings. The van der Waals surface area contributed by atoms with Crippen molar-refractivity contribution in [2.24, 2.45) is 10.2 Å². The van der Waals surface area contributed by atoms with Crippen LogP contribution in [0.2, 0.25) is 0 Å². The van der Waals surface area contributed by atoms with Crippen LogP contribution in [0.1, 0.15) is 13.8 Å². The molecule has 6 nitrogen and oxygen atoms in total. The highest BCUT2D eigenvalue weighted by molar-refractivity contribution is 5.88. The molecular formula is C10H13N3O3. The van der Waals surface area contributed by atoms with Gasteiger partial charge in [0.05, 0.1) is 6.61 Å². The minimum absolute atomic E-state index is 0.198. The van der Waals surface area contributed by atoms with Crippen LogP contribution in [0.15, 0.2) is 40.0 Å². The maximum atomic E-state index is 11.3. The van der Waals surface area contributed by atoms with Gasteiger partial charge in [0.15, 0.2) is 5.82 Å². The molecule has 0 aliphatic heterocycles. The van der Waals surface area contributed by atoms with E-state index in [9.17, 15) is 9.90 Å². The van der Waals surface area contributed by atoms with E-state index in [4.69, 9.17) is 4.74 Å². The molecule has 0 aliphatic rings. The first-order chi connectivity index (χ1) is 7.65. The molecule has 0 atom stereocenters. The van der Waals surface area contributed by atoms with Gasteiger partial charge in [-0.1, -0.05) is 0 Å². The van der Waals surface area contributed by atoms with Crippen molar-refractivity contribution in [3.8, 4) is 0 Å². The number of hydrogen-bond donors (Lipinski definition) is 2. The Balaban J connectivity index is 2.82. The minimum Gasteiger partial charge on any atom is -0.510 e. The summed E-state index contributed by atoms with van der Waals surface area (Å²) in [4.78, 5) is 14.1. The van der Waals surface area contributed by atoms with Gasteiger partial charge in [0, 0.05) is 6.20 Å². The predicted octanol–water partition coefficient (Wildman–Crippen LogP) is 2.45. The van der Waals surface area contributed by atoms with Crippen molar-refractivity contribution >= 4 is 11.8 Å². The number of azo groups is 1. The smallest absolute Gasteiger partial charge is 0.362 e. The lowest BCUT2D eigenvalue weighted by Crippen LogP contribution is -2.07. The molecule has 0 aromatic carbocycles. The van der Waals surface area contributed by atoms with Crippen molar-refractivity contribution in [1.82, 2.24) is 4.98 Å². The van der Waals surface area contributed by atoms with Crippen LogP contribution in [0.4, 0.5) is 5.82 Å². The molecule has 1 aromatic heterocycles. The summed E-state index contributed by atoms with van der Waals surface area (Å²) in [6.45, 7) is 3.23. The van der Waals surface area contributed by atoms with Crippen LogP contribution in [-0.2, 0) is 9.53 Å². The Hall–Kier alpha value is -2.11. The summed E-state index contributed by atoms with van der Waals surface area (Å²) < 4.78 is 4.71. The Kier molecular flexibility index (Phi) is 4.26. The van der Waals surface area contributed by atoms with Gasteiger partial charge in [-0.15, -0.1) is 10.2 Å². The largest absolute Gasteiger partial charge is 0.510 e. The molecule has 1 rings (SSSR count). The number of aromatic nitrogens is 1. The summed E-state index contributed by atoms with van der Waals surface area (Å²) in [6.07, 6.45) is 1.67. The van der Waals surface area contributed by atoms with Gasteiger partial charge in [-0.25, -0.2) is 4.79 Å². The number of aliphatic hydroxyl groups excluding tert-OH is 1. The summed E-state index contributed by atoms with van der Waals surface area (Å²) in [5, 5.41) is 16.6. The van der Waals surface area contributed by atoms with E-state index in [1.165, 1.54) is 6.92 Å². The molecule has 0 radical (unpaired) electrons. The highest BCUT2D eigenvalue weighted by Gasteiger charge is 2.13. The zero-order chi connectivity index (χ0) is 12.0. The number of carbonyl (C=O) groups excluding carboxylic acids is 1. The van der Waals surface area contributed by atoms with Crippen molar-refractivity contribution in [2.45, 2.75) is 13.8 Å². The Bertz CT molecular complexity index is 403. The number of rotatable bonds is 4.